The molecule has 78 valence electrons. The molecule has 0 amide bonds. The first-order valence-electron chi connectivity index (χ1n) is 5.07. The zero-order chi connectivity index (χ0) is 10.5. The second-order valence-corrected chi connectivity index (χ2v) is 3.27. The van der Waals surface area contributed by atoms with Crippen LogP contribution in [0.4, 0.5) is 0 Å². The lowest BCUT2D eigenvalue weighted by molar-refractivity contribution is 0.708. The quantitative estimate of drug-likeness (QED) is 0.791. The van der Waals surface area contributed by atoms with E-state index in [1.165, 1.54) is 0 Å². The van der Waals surface area contributed by atoms with Crippen molar-refractivity contribution in [2.45, 2.75) is 13.5 Å². The lowest BCUT2D eigenvalue weighted by Crippen LogP contribution is -2.12. The lowest BCUT2D eigenvalue weighted by Gasteiger charge is -2.00. The molecule has 4 nitrogen and oxygen atoms in total. The normalized spacial score (nSPS) is 10.5. The Labute approximate surface area is 88.7 Å². The smallest absolute Gasteiger partial charge is 0.117 e. The Morgan fingerprint density at radius 2 is 2.00 bits per heavy atom. The van der Waals surface area contributed by atoms with E-state index in [-0.39, 0.29) is 0 Å². The fraction of sp³-hybridized carbons (Fsp3) is 0.273. The van der Waals surface area contributed by atoms with Crippen LogP contribution in [0.3, 0.4) is 0 Å². The van der Waals surface area contributed by atoms with Gasteiger partial charge in [-0.25, -0.2) is 0 Å². The highest BCUT2D eigenvalue weighted by molar-refractivity contribution is 5.60. The highest BCUT2D eigenvalue weighted by atomic mass is 15.3. The van der Waals surface area contributed by atoms with Gasteiger partial charge in [-0.15, -0.1) is 0 Å². The molecule has 0 atom stereocenters. The minimum absolute atomic E-state index is 0.747. The van der Waals surface area contributed by atoms with Gasteiger partial charge in [0.1, 0.15) is 11.4 Å². The average Bonchev–Trinajstić information content (AvgIpc) is 2.75. The van der Waals surface area contributed by atoms with Crippen molar-refractivity contribution in [3.63, 3.8) is 0 Å². The topological polar surface area (TPSA) is 53.6 Å². The van der Waals surface area contributed by atoms with Crippen LogP contribution in [-0.2, 0) is 6.54 Å². The molecule has 0 aliphatic rings. The molecular formula is C11H14N4. The largest absolute Gasteiger partial charge is 0.311 e. The van der Waals surface area contributed by atoms with Crippen molar-refractivity contribution in [1.82, 2.24) is 20.7 Å². The maximum atomic E-state index is 4.16. The van der Waals surface area contributed by atoms with Crippen LogP contribution in [0.5, 0.6) is 0 Å². The van der Waals surface area contributed by atoms with Gasteiger partial charge in [0.15, 0.2) is 0 Å². The van der Waals surface area contributed by atoms with Gasteiger partial charge in [0.2, 0.25) is 0 Å². The number of benzene rings is 1. The molecule has 0 saturated carbocycles. The molecule has 0 bridgehead atoms. The van der Waals surface area contributed by atoms with Crippen molar-refractivity contribution in [3.05, 3.63) is 36.0 Å². The Kier molecular flexibility index (Phi) is 3.09. The van der Waals surface area contributed by atoms with Crippen molar-refractivity contribution >= 4 is 0 Å². The molecule has 1 heterocycles. The second kappa shape index (κ2) is 4.70. The molecule has 4 heteroatoms. The van der Waals surface area contributed by atoms with Crippen LogP contribution < -0.4 is 5.32 Å². The van der Waals surface area contributed by atoms with Crippen molar-refractivity contribution in [3.8, 4) is 11.3 Å². The van der Waals surface area contributed by atoms with Gasteiger partial charge in [-0.05, 0) is 6.54 Å². The molecule has 2 N–H and O–H groups in total. The Balaban J connectivity index is 2.25. The summed E-state index contributed by atoms with van der Waals surface area (Å²) in [6.07, 6.45) is 0. The molecule has 0 aliphatic carbocycles. The van der Waals surface area contributed by atoms with Crippen molar-refractivity contribution in [1.29, 1.82) is 0 Å². The molecule has 0 spiro atoms. The van der Waals surface area contributed by atoms with E-state index >= 15 is 0 Å². The number of rotatable bonds is 4. The fourth-order valence-electron chi connectivity index (χ4n) is 1.45. The van der Waals surface area contributed by atoms with Crippen LogP contribution in [0.1, 0.15) is 12.6 Å². The highest BCUT2D eigenvalue weighted by Gasteiger charge is 2.08. The van der Waals surface area contributed by atoms with E-state index in [0.29, 0.717) is 0 Å². The predicted octanol–water partition coefficient (Wildman–Crippen LogP) is 1.58. The van der Waals surface area contributed by atoms with Crippen molar-refractivity contribution < 1.29 is 0 Å². The first kappa shape index (κ1) is 9.86. The molecule has 1 aromatic heterocycles. The molecule has 1 aromatic carbocycles. The summed E-state index contributed by atoms with van der Waals surface area (Å²) in [5.74, 6) is 0. The van der Waals surface area contributed by atoms with Crippen LogP contribution >= 0.6 is 0 Å². The van der Waals surface area contributed by atoms with Crippen molar-refractivity contribution in [2.24, 2.45) is 0 Å². The Bertz CT molecular complexity index is 408. The molecule has 0 radical (unpaired) electrons. The third-order valence-corrected chi connectivity index (χ3v) is 2.21. The van der Waals surface area contributed by atoms with E-state index in [1.54, 1.807) is 0 Å². The maximum absolute atomic E-state index is 4.16. The van der Waals surface area contributed by atoms with Crippen LogP contribution in [0, 0.1) is 0 Å². The third-order valence-electron chi connectivity index (χ3n) is 2.21. The van der Waals surface area contributed by atoms with E-state index in [1.807, 2.05) is 30.3 Å². The van der Waals surface area contributed by atoms with Gasteiger partial charge in [0.25, 0.3) is 0 Å². The molecule has 2 rings (SSSR count). The molecule has 0 unspecified atom stereocenters. The van der Waals surface area contributed by atoms with Crippen LogP contribution in [0.25, 0.3) is 11.3 Å². The predicted molar refractivity (Wildman–Crippen MR) is 59.2 cm³/mol. The minimum Gasteiger partial charge on any atom is -0.311 e. The monoisotopic (exact) mass is 202 g/mol. The number of aromatic nitrogens is 3. The summed E-state index contributed by atoms with van der Waals surface area (Å²) in [6.45, 7) is 3.75. The fourth-order valence-corrected chi connectivity index (χ4v) is 1.45. The second-order valence-electron chi connectivity index (χ2n) is 3.27. The number of nitrogens with zero attached hydrogens (tertiary/aromatic N) is 2. The van der Waals surface area contributed by atoms with Crippen molar-refractivity contribution in [2.75, 3.05) is 6.54 Å². The first-order chi connectivity index (χ1) is 7.42. The summed E-state index contributed by atoms with van der Waals surface area (Å²) in [5.41, 5.74) is 2.98. The Hall–Kier alpha value is -1.68. The number of hydrogen-bond donors (Lipinski definition) is 2. The van der Waals surface area contributed by atoms with E-state index in [0.717, 1.165) is 30.0 Å². The molecule has 0 fully saturated rings. The van der Waals surface area contributed by atoms with E-state index in [2.05, 4.69) is 27.7 Å². The highest BCUT2D eigenvalue weighted by Crippen LogP contribution is 2.18. The SMILES string of the molecule is CCNCc1n[nH]nc1-c1ccccc1. The summed E-state index contributed by atoms with van der Waals surface area (Å²) < 4.78 is 0. The van der Waals surface area contributed by atoms with Gasteiger partial charge in [-0.1, -0.05) is 37.3 Å². The summed E-state index contributed by atoms with van der Waals surface area (Å²) >= 11 is 0. The summed E-state index contributed by atoms with van der Waals surface area (Å²) in [5, 5.41) is 14.2. The van der Waals surface area contributed by atoms with Gasteiger partial charge in [-0.3, -0.25) is 0 Å². The van der Waals surface area contributed by atoms with E-state index in [9.17, 15) is 0 Å². The zero-order valence-electron chi connectivity index (χ0n) is 8.70. The van der Waals surface area contributed by atoms with E-state index in [4.69, 9.17) is 0 Å². The van der Waals surface area contributed by atoms with Crippen LogP contribution in [-0.4, -0.2) is 22.0 Å². The third kappa shape index (κ3) is 2.22. The number of nitrogens with one attached hydrogen (secondary N) is 2. The molecule has 2 aromatic rings. The molecular weight excluding hydrogens is 188 g/mol. The maximum Gasteiger partial charge on any atom is 0.117 e. The van der Waals surface area contributed by atoms with E-state index < -0.39 is 0 Å². The summed E-state index contributed by atoms with van der Waals surface area (Å²) in [6, 6.07) is 10.1. The standard InChI is InChI=1S/C11H14N4/c1-2-12-8-10-11(14-15-13-10)9-6-4-3-5-7-9/h3-7,12H,2,8H2,1H3,(H,13,14,15). The van der Waals surface area contributed by atoms with Crippen LogP contribution in [0.2, 0.25) is 0 Å². The first-order valence-corrected chi connectivity index (χ1v) is 5.07. The van der Waals surface area contributed by atoms with Gasteiger partial charge < -0.3 is 5.32 Å². The Morgan fingerprint density at radius 3 is 2.73 bits per heavy atom. The zero-order valence-corrected chi connectivity index (χ0v) is 8.70. The molecule has 0 aliphatic heterocycles. The van der Waals surface area contributed by atoms with Gasteiger partial charge in [0, 0.05) is 12.1 Å². The van der Waals surface area contributed by atoms with Gasteiger partial charge >= 0.3 is 0 Å². The van der Waals surface area contributed by atoms with Crippen LogP contribution in [0.15, 0.2) is 30.3 Å². The molecule has 0 saturated heterocycles. The Morgan fingerprint density at radius 1 is 1.20 bits per heavy atom. The number of H-pyrrole nitrogens is 1. The number of aromatic amines is 1. The van der Waals surface area contributed by atoms with Gasteiger partial charge in [0.05, 0.1) is 0 Å². The minimum atomic E-state index is 0.747. The van der Waals surface area contributed by atoms with Gasteiger partial charge in [-0.2, -0.15) is 15.4 Å². The summed E-state index contributed by atoms with van der Waals surface area (Å²) in [4.78, 5) is 0. The number of hydrogen-bond acceptors (Lipinski definition) is 3. The molecule has 15 heavy (non-hydrogen) atoms. The average molecular weight is 202 g/mol. The summed E-state index contributed by atoms with van der Waals surface area (Å²) in [7, 11) is 0. The lowest BCUT2D eigenvalue weighted by atomic mass is 10.1.